The summed E-state index contributed by atoms with van der Waals surface area (Å²) in [5.74, 6) is -1.14. The topological polar surface area (TPSA) is 66.3 Å². The summed E-state index contributed by atoms with van der Waals surface area (Å²) in [6.45, 7) is 0.924. The summed E-state index contributed by atoms with van der Waals surface area (Å²) < 4.78 is 13.9. The Labute approximate surface area is 108 Å². The summed E-state index contributed by atoms with van der Waals surface area (Å²) in [7, 11) is 0. The summed E-state index contributed by atoms with van der Waals surface area (Å²) in [5, 5.41) is 9.37. The van der Waals surface area contributed by atoms with Crippen molar-refractivity contribution < 1.29 is 14.3 Å². The summed E-state index contributed by atoms with van der Waals surface area (Å²) in [4.78, 5) is 20.9. The molecule has 1 aliphatic heterocycles. The minimum Gasteiger partial charge on any atom is -0.481 e. The number of anilines is 1. The first-order valence-electron chi connectivity index (χ1n) is 6.04. The molecule has 0 bridgehead atoms. The van der Waals surface area contributed by atoms with Crippen LogP contribution in [0.25, 0.3) is 10.9 Å². The van der Waals surface area contributed by atoms with E-state index in [0.717, 1.165) is 0 Å². The van der Waals surface area contributed by atoms with Crippen LogP contribution in [0.5, 0.6) is 0 Å². The first-order valence-corrected chi connectivity index (χ1v) is 6.04. The van der Waals surface area contributed by atoms with Gasteiger partial charge in [0.2, 0.25) is 0 Å². The molecular formula is C13H12FN3O2. The Balaban J connectivity index is 2.04. The minimum atomic E-state index is -0.818. The van der Waals surface area contributed by atoms with E-state index in [-0.39, 0.29) is 5.82 Å². The van der Waals surface area contributed by atoms with Gasteiger partial charge in [-0.15, -0.1) is 0 Å². The average Bonchev–Trinajstić information content (AvgIpc) is 2.88. The number of rotatable bonds is 2. The largest absolute Gasteiger partial charge is 0.481 e. The van der Waals surface area contributed by atoms with Crippen molar-refractivity contribution in [1.82, 2.24) is 9.97 Å². The highest BCUT2D eigenvalue weighted by molar-refractivity contribution is 5.90. The van der Waals surface area contributed by atoms with Crippen LogP contribution in [0, 0.1) is 11.7 Å². The molecule has 3 rings (SSSR count). The fourth-order valence-corrected chi connectivity index (χ4v) is 2.45. The van der Waals surface area contributed by atoms with Gasteiger partial charge >= 0.3 is 5.97 Å². The van der Waals surface area contributed by atoms with Crippen LogP contribution in [0.1, 0.15) is 6.42 Å². The molecule has 1 aliphatic rings. The zero-order valence-electron chi connectivity index (χ0n) is 10.1. The van der Waals surface area contributed by atoms with Crippen molar-refractivity contribution in [3.8, 4) is 0 Å². The number of carboxylic acid groups (broad SMARTS) is 1. The molecule has 0 radical (unpaired) electrons. The minimum absolute atomic E-state index is 0.357. The van der Waals surface area contributed by atoms with Gasteiger partial charge in [0.1, 0.15) is 18.0 Å². The summed E-state index contributed by atoms with van der Waals surface area (Å²) in [5.41, 5.74) is 0.531. The monoisotopic (exact) mass is 261 g/mol. The van der Waals surface area contributed by atoms with Gasteiger partial charge in [-0.3, -0.25) is 4.79 Å². The highest BCUT2D eigenvalue weighted by Gasteiger charge is 2.30. The molecule has 0 saturated carbocycles. The molecule has 6 heteroatoms. The SMILES string of the molecule is O=C(O)C1CCN(c2ncnc3cccc(F)c23)C1. The van der Waals surface area contributed by atoms with Crippen molar-refractivity contribution in [3.63, 3.8) is 0 Å². The lowest BCUT2D eigenvalue weighted by Gasteiger charge is -2.18. The van der Waals surface area contributed by atoms with E-state index < -0.39 is 11.9 Å². The molecule has 5 nitrogen and oxygen atoms in total. The lowest BCUT2D eigenvalue weighted by Crippen LogP contribution is -2.24. The van der Waals surface area contributed by atoms with Gasteiger partial charge < -0.3 is 10.0 Å². The third-order valence-electron chi connectivity index (χ3n) is 3.43. The third kappa shape index (κ3) is 1.99. The summed E-state index contributed by atoms with van der Waals surface area (Å²) in [6, 6.07) is 4.67. The van der Waals surface area contributed by atoms with Crippen LogP contribution in [0.15, 0.2) is 24.5 Å². The van der Waals surface area contributed by atoms with Gasteiger partial charge in [0, 0.05) is 13.1 Å². The molecule has 0 aliphatic carbocycles. The number of carbonyl (C=O) groups is 1. The molecule has 1 unspecified atom stereocenters. The molecule has 1 saturated heterocycles. The molecule has 1 aromatic carbocycles. The van der Waals surface area contributed by atoms with Gasteiger partial charge in [-0.2, -0.15) is 0 Å². The maximum Gasteiger partial charge on any atom is 0.308 e. The molecule has 19 heavy (non-hydrogen) atoms. The Morgan fingerprint density at radius 1 is 1.42 bits per heavy atom. The van der Waals surface area contributed by atoms with Crippen molar-refractivity contribution in [2.75, 3.05) is 18.0 Å². The van der Waals surface area contributed by atoms with E-state index in [4.69, 9.17) is 5.11 Å². The van der Waals surface area contributed by atoms with Gasteiger partial charge in [0.25, 0.3) is 0 Å². The maximum atomic E-state index is 13.9. The predicted octanol–water partition coefficient (Wildman–Crippen LogP) is 1.68. The number of carboxylic acids is 1. The Bertz CT molecular complexity index is 642. The van der Waals surface area contributed by atoms with E-state index in [1.54, 1.807) is 12.1 Å². The van der Waals surface area contributed by atoms with Gasteiger partial charge in [-0.25, -0.2) is 14.4 Å². The molecule has 1 fully saturated rings. The zero-order valence-corrected chi connectivity index (χ0v) is 10.1. The second kappa shape index (κ2) is 4.46. The van der Waals surface area contributed by atoms with E-state index in [9.17, 15) is 9.18 Å². The number of nitrogens with zero attached hydrogens (tertiary/aromatic N) is 3. The number of fused-ring (bicyclic) bond motifs is 1. The molecule has 1 atom stereocenters. The van der Waals surface area contributed by atoms with Crippen molar-refractivity contribution in [2.24, 2.45) is 5.92 Å². The number of hydrogen-bond donors (Lipinski definition) is 1. The number of aromatic nitrogens is 2. The standard InChI is InChI=1S/C13H12FN3O2/c14-9-2-1-3-10-11(9)12(16-7-15-10)17-5-4-8(6-17)13(18)19/h1-3,7-8H,4-6H2,(H,18,19). The third-order valence-corrected chi connectivity index (χ3v) is 3.43. The number of benzene rings is 1. The van der Waals surface area contributed by atoms with Gasteiger partial charge in [0.05, 0.1) is 16.8 Å². The highest BCUT2D eigenvalue weighted by Crippen LogP contribution is 2.29. The Morgan fingerprint density at radius 3 is 3.00 bits per heavy atom. The molecule has 0 amide bonds. The van der Waals surface area contributed by atoms with Crippen LogP contribution in [-0.4, -0.2) is 34.1 Å². The summed E-state index contributed by atoms with van der Waals surface area (Å²) in [6.07, 6.45) is 1.93. The second-order valence-electron chi connectivity index (χ2n) is 4.60. The summed E-state index contributed by atoms with van der Waals surface area (Å²) >= 11 is 0. The number of halogens is 1. The molecule has 98 valence electrons. The molecule has 1 N–H and O–H groups in total. The van der Waals surface area contributed by atoms with Crippen molar-refractivity contribution in [1.29, 1.82) is 0 Å². The normalized spacial score (nSPS) is 19.0. The quantitative estimate of drug-likeness (QED) is 0.890. The first kappa shape index (κ1) is 11.8. The van der Waals surface area contributed by atoms with Crippen molar-refractivity contribution in [3.05, 3.63) is 30.3 Å². The maximum absolute atomic E-state index is 13.9. The van der Waals surface area contributed by atoms with E-state index in [1.165, 1.54) is 12.4 Å². The van der Waals surface area contributed by atoms with Gasteiger partial charge in [0.15, 0.2) is 0 Å². The molecule has 2 heterocycles. The molecule has 0 spiro atoms. The number of hydrogen-bond acceptors (Lipinski definition) is 4. The molecular weight excluding hydrogens is 249 g/mol. The lowest BCUT2D eigenvalue weighted by molar-refractivity contribution is -0.140. The fraction of sp³-hybridized carbons (Fsp3) is 0.308. The van der Waals surface area contributed by atoms with Crippen LogP contribution in [-0.2, 0) is 4.79 Å². The highest BCUT2D eigenvalue weighted by atomic mass is 19.1. The lowest BCUT2D eigenvalue weighted by atomic mass is 10.1. The number of aliphatic carboxylic acids is 1. The molecule has 1 aromatic heterocycles. The van der Waals surface area contributed by atoms with Gasteiger partial charge in [-0.1, -0.05) is 6.07 Å². The van der Waals surface area contributed by atoms with Crippen LogP contribution < -0.4 is 4.90 Å². The Kier molecular flexibility index (Phi) is 2.77. The Morgan fingerprint density at radius 2 is 2.26 bits per heavy atom. The van der Waals surface area contributed by atoms with Crippen LogP contribution >= 0.6 is 0 Å². The average molecular weight is 261 g/mol. The van der Waals surface area contributed by atoms with Crippen LogP contribution in [0.2, 0.25) is 0 Å². The Hall–Kier alpha value is -2.24. The van der Waals surface area contributed by atoms with Gasteiger partial charge in [-0.05, 0) is 18.6 Å². The fourth-order valence-electron chi connectivity index (χ4n) is 2.45. The first-order chi connectivity index (χ1) is 9.16. The van der Waals surface area contributed by atoms with E-state index in [1.807, 2.05) is 4.90 Å². The van der Waals surface area contributed by atoms with Crippen molar-refractivity contribution in [2.45, 2.75) is 6.42 Å². The smallest absolute Gasteiger partial charge is 0.308 e. The van der Waals surface area contributed by atoms with E-state index in [0.29, 0.717) is 36.2 Å². The zero-order chi connectivity index (χ0) is 13.4. The van der Waals surface area contributed by atoms with Crippen molar-refractivity contribution >= 4 is 22.7 Å². The molecule has 2 aromatic rings. The van der Waals surface area contributed by atoms with E-state index in [2.05, 4.69) is 9.97 Å². The van der Waals surface area contributed by atoms with Crippen LogP contribution in [0.3, 0.4) is 0 Å². The second-order valence-corrected chi connectivity index (χ2v) is 4.60. The van der Waals surface area contributed by atoms with Crippen LogP contribution in [0.4, 0.5) is 10.2 Å². The van der Waals surface area contributed by atoms with E-state index >= 15 is 0 Å². The predicted molar refractivity (Wildman–Crippen MR) is 67.5 cm³/mol.